The highest BCUT2D eigenvalue weighted by Crippen LogP contribution is 2.13. The molecule has 6 heteroatoms. The molecule has 1 heterocycles. The summed E-state index contributed by atoms with van der Waals surface area (Å²) >= 11 is 0. The third-order valence-corrected chi connectivity index (χ3v) is 3.90. The van der Waals surface area contributed by atoms with Crippen LogP contribution in [0.3, 0.4) is 0 Å². The summed E-state index contributed by atoms with van der Waals surface area (Å²) in [6.07, 6.45) is 0.858. The van der Waals surface area contributed by atoms with Crippen molar-refractivity contribution in [2.75, 3.05) is 26.3 Å². The number of amides is 1. The molecule has 0 fully saturated rings. The molecule has 1 amide bonds. The smallest absolute Gasteiger partial charge is 0.237 e. The topological polar surface area (TPSA) is 54.7 Å². The van der Waals surface area contributed by atoms with Crippen molar-refractivity contribution in [1.82, 2.24) is 10.2 Å². The molecule has 1 aromatic carbocycles. The van der Waals surface area contributed by atoms with Crippen molar-refractivity contribution in [3.63, 3.8) is 0 Å². The highest BCUT2D eigenvalue weighted by atomic mass is 19.1. The quantitative estimate of drug-likeness (QED) is 0.624. The zero-order valence-corrected chi connectivity index (χ0v) is 15.5. The van der Waals surface area contributed by atoms with E-state index in [9.17, 15) is 9.18 Å². The van der Waals surface area contributed by atoms with Crippen molar-refractivity contribution >= 4 is 5.91 Å². The van der Waals surface area contributed by atoms with Gasteiger partial charge in [-0.1, -0.05) is 12.1 Å². The van der Waals surface area contributed by atoms with Gasteiger partial charge in [0.05, 0.1) is 13.1 Å². The lowest BCUT2D eigenvalue weighted by Gasteiger charge is -2.22. The minimum atomic E-state index is -0.288. The summed E-state index contributed by atoms with van der Waals surface area (Å²) in [7, 11) is 0. The van der Waals surface area contributed by atoms with E-state index in [2.05, 4.69) is 5.32 Å². The van der Waals surface area contributed by atoms with Crippen LogP contribution in [0, 0.1) is 12.7 Å². The van der Waals surface area contributed by atoms with Gasteiger partial charge in [0.15, 0.2) is 0 Å². The lowest BCUT2D eigenvalue weighted by Crippen LogP contribution is -2.37. The first kappa shape index (κ1) is 20.1. The van der Waals surface area contributed by atoms with Crippen molar-refractivity contribution in [2.24, 2.45) is 0 Å². The van der Waals surface area contributed by atoms with Crippen LogP contribution < -0.4 is 5.32 Å². The van der Waals surface area contributed by atoms with Crippen LogP contribution >= 0.6 is 0 Å². The van der Waals surface area contributed by atoms with Gasteiger partial charge in [0.1, 0.15) is 17.3 Å². The molecule has 0 saturated heterocycles. The van der Waals surface area contributed by atoms with E-state index >= 15 is 0 Å². The number of carbonyl (C=O) groups is 1. The molecule has 0 unspecified atom stereocenters. The van der Waals surface area contributed by atoms with Crippen LogP contribution in [0.15, 0.2) is 40.8 Å². The standard InChI is InChI=1S/C20H27FN2O3/c1-3-25-12-4-11-22-13-20(24)23(15-19-10-5-16(2)26-19)14-17-6-8-18(21)9-7-17/h5-10,22H,3-4,11-15H2,1-2H3. The highest BCUT2D eigenvalue weighted by molar-refractivity contribution is 5.78. The normalized spacial score (nSPS) is 10.9. The summed E-state index contributed by atoms with van der Waals surface area (Å²) in [6, 6.07) is 9.94. The average molecular weight is 362 g/mol. The van der Waals surface area contributed by atoms with Crippen LogP contribution in [0.2, 0.25) is 0 Å². The molecular formula is C20H27FN2O3. The molecule has 2 rings (SSSR count). The van der Waals surface area contributed by atoms with Crippen molar-refractivity contribution in [3.8, 4) is 0 Å². The molecule has 5 nitrogen and oxygen atoms in total. The first-order valence-electron chi connectivity index (χ1n) is 8.94. The van der Waals surface area contributed by atoms with Gasteiger partial charge in [-0.3, -0.25) is 4.79 Å². The molecule has 0 spiro atoms. The van der Waals surface area contributed by atoms with E-state index in [4.69, 9.17) is 9.15 Å². The average Bonchev–Trinajstić information content (AvgIpc) is 3.04. The maximum Gasteiger partial charge on any atom is 0.237 e. The predicted octanol–water partition coefficient (Wildman–Crippen LogP) is 3.27. The second kappa shape index (κ2) is 10.7. The fraction of sp³-hybridized carbons (Fsp3) is 0.450. The van der Waals surface area contributed by atoms with Crippen molar-refractivity contribution in [3.05, 3.63) is 59.3 Å². The summed E-state index contributed by atoms with van der Waals surface area (Å²) in [4.78, 5) is 14.3. The maximum atomic E-state index is 13.1. The van der Waals surface area contributed by atoms with E-state index in [1.807, 2.05) is 26.0 Å². The molecule has 2 aromatic rings. The first-order valence-corrected chi connectivity index (χ1v) is 8.94. The van der Waals surface area contributed by atoms with E-state index < -0.39 is 0 Å². The van der Waals surface area contributed by atoms with Crippen molar-refractivity contribution in [1.29, 1.82) is 0 Å². The largest absolute Gasteiger partial charge is 0.464 e. The van der Waals surface area contributed by atoms with Crippen LogP contribution in [-0.4, -0.2) is 37.1 Å². The number of furan rings is 1. The number of benzene rings is 1. The van der Waals surface area contributed by atoms with Crippen LogP contribution in [0.5, 0.6) is 0 Å². The van der Waals surface area contributed by atoms with Crippen LogP contribution in [0.1, 0.15) is 30.4 Å². The molecule has 0 aliphatic carbocycles. The third-order valence-electron chi connectivity index (χ3n) is 3.90. The fourth-order valence-electron chi connectivity index (χ4n) is 2.55. The Balaban J connectivity index is 1.92. The van der Waals surface area contributed by atoms with E-state index in [0.717, 1.165) is 30.0 Å². The number of hydrogen-bond acceptors (Lipinski definition) is 4. The fourth-order valence-corrected chi connectivity index (χ4v) is 2.55. The van der Waals surface area contributed by atoms with Gasteiger partial charge in [-0.15, -0.1) is 0 Å². The molecular weight excluding hydrogens is 335 g/mol. The zero-order chi connectivity index (χ0) is 18.8. The molecule has 26 heavy (non-hydrogen) atoms. The summed E-state index contributed by atoms with van der Waals surface area (Å²) in [6.45, 7) is 6.96. The Hall–Kier alpha value is -2.18. The van der Waals surface area contributed by atoms with Crippen molar-refractivity contribution in [2.45, 2.75) is 33.4 Å². The number of aryl methyl sites for hydroxylation is 1. The van der Waals surface area contributed by atoms with Gasteiger partial charge in [-0.25, -0.2) is 4.39 Å². The van der Waals surface area contributed by atoms with Crippen LogP contribution in [-0.2, 0) is 22.6 Å². The molecule has 0 bridgehead atoms. The van der Waals surface area contributed by atoms with Gasteiger partial charge in [0.25, 0.3) is 0 Å². The van der Waals surface area contributed by atoms with Gasteiger partial charge in [0.2, 0.25) is 5.91 Å². The summed E-state index contributed by atoms with van der Waals surface area (Å²) < 4.78 is 24.0. The molecule has 0 atom stereocenters. The Morgan fingerprint density at radius 2 is 1.96 bits per heavy atom. The number of carbonyl (C=O) groups excluding carboxylic acids is 1. The number of nitrogens with zero attached hydrogens (tertiary/aromatic N) is 1. The first-order chi connectivity index (χ1) is 12.6. The maximum absolute atomic E-state index is 13.1. The Morgan fingerprint density at radius 1 is 1.19 bits per heavy atom. The van der Waals surface area contributed by atoms with E-state index in [1.165, 1.54) is 12.1 Å². The lowest BCUT2D eigenvalue weighted by atomic mass is 10.2. The van der Waals surface area contributed by atoms with Gasteiger partial charge in [-0.2, -0.15) is 0 Å². The Morgan fingerprint density at radius 3 is 2.62 bits per heavy atom. The molecule has 142 valence electrons. The Labute approximate surface area is 154 Å². The Bertz CT molecular complexity index is 670. The van der Waals surface area contributed by atoms with Gasteiger partial charge >= 0.3 is 0 Å². The minimum Gasteiger partial charge on any atom is -0.464 e. The number of rotatable bonds is 11. The third kappa shape index (κ3) is 6.98. The van der Waals surface area contributed by atoms with E-state index in [0.29, 0.717) is 26.3 Å². The molecule has 0 aliphatic heterocycles. The Kier molecular flexibility index (Phi) is 8.31. The predicted molar refractivity (Wildman–Crippen MR) is 98.1 cm³/mol. The summed E-state index contributed by atoms with van der Waals surface area (Å²) in [5.41, 5.74) is 0.874. The van der Waals surface area contributed by atoms with E-state index in [-0.39, 0.29) is 18.3 Å². The summed E-state index contributed by atoms with van der Waals surface area (Å²) in [5.74, 6) is 1.22. The minimum absolute atomic E-state index is 0.0280. The number of ether oxygens (including phenoxy) is 1. The van der Waals surface area contributed by atoms with E-state index in [1.54, 1.807) is 17.0 Å². The molecule has 1 N–H and O–H groups in total. The molecule has 0 saturated carbocycles. The van der Waals surface area contributed by atoms with Gasteiger partial charge < -0.3 is 19.4 Å². The van der Waals surface area contributed by atoms with Crippen LogP contribution in [0.25, 0.3) is 0 Å². The SMILES string of the molecule is CCOCCCNCC(=O)N(Cc1ccc(F)cc1)Cc1ccc(C)o1. The molecule has 0 aliphatic rings. The lowest BCUT2D eigenvalue weighted by molar-refractivity contribution is -0.131. The highest BCUT2D eigenvalue weighted by Gasteiger charge is 2.16. The number of halogens is 1. The summed E-state index contributed by atoms with van der Waals surface area (Å²) in [5, 5.41) is 3.15. The second-order valence-electron chi connectivity index (χ2n) is 6.12. The monoisotopic (exact) mass is 362 g/mol. The van der Waals surface area contributed by atoms with Crippen molar-refractivity contribution < 1.29 is 18.3 Å². The molecule has 0 radical (unpaired) electrons. The van der Waals surface area contributed by atoms with Gasteiger partial charge in [-0.05, 0) is 56.6 Å². The second-order valence-corrected chi connectivity index (χ2v) is 6.12. The number of hydrogen-bond donors (Lipinski definition) is 1. The van der Waals surface area contributed by atoms with Crippen LogP contribution in [0.4, 0.5) is 4.39 Å². The number of nitrogens with one attached hydrogen (secondary N) is 1. The van der Waals surface area contributed by atoms with Gasteiger partial charge in [0, 0.05) is 19.8 Å². The zero-order valence-electron chi connectivity index (χ0n) is 15.5. The molecule has 1 aromatic heterocycles.